The van der Waals surface area contributed by atoms with Gasteiger partial charge in [-0.1, -0.05) is 30.7 Å². The lowest BCUT2D eigenvalue weighted by atomic mass is 10.0. The molecule has 1 fully saturated rings. The SMILES string of the molecule is CNS(=O)(=O)c1ccc(C(=O)NCc2ccc(CN3CCCCC3C)cc2)o1. The lowest BCUT2D eigenvalue weighted by Gasteiger charge is -2.33. The van der Waals surface area contributed by atoms with Gasteiger partial charge in [-0.2, -0.15) is 0 Å². The van der Waals surface area contributed by atoms with Crippen molar-refractivity contribution >= 4 is 15.9 Å². The summed E-state index contributed by atoms with van der Waals surface area (Å²) in [5.41, 5.74) is 2.23. The number of nitrogens with zero attached hydrogens (tertiary/aromatic N) is 1. The summed E-state index contributed by atoms with van der Waals surface area (Å²) in [5.74, 6) is -0.492. The van der Waals surface area contributed by atoms with E-state index in [9.17, 15) is 13.2 Å². The van der Waals surface area contributed by atoms with Crippen LogP contribution in [0.3, 0.4) is 0 Å². The number of furan rings is 1. The summed E-state index contributed by atoms with van der Waals surface area (Å²) in [5, 5.41) is 2.47. The van der Waals surface area contributed by atoms with Gasteiger partial charge in [0.05, 0.1) is 0 Å². The molecule has 1 aliphatic rings. The van der Waals surface area contributed by atoms with Gasteiger partial charge in [-0.05, 0) is 56.6 Å². The molecule has 8 heteroatoms. The Bertz CT molecular complexity index is 906. The Kier molecular flexibility index (Phi) is 6.53. The summed E-state index contributed by atoms with van der Waals surface area (Å²) in [4.78, 5) is 14.7. The number of amides is 1. The first-order chi connectivity index (χ1) is 13.4. The molecular weight excluding hydrogens is 378 g/mol. The summed E-state index contributed by atoms with van der Waals surface area (Å²) < 4.78 is 30.6. The van der Waals surface area contributed by atoms with Gasteiger partial charge in [0.1, 0.15) is 0 Å². The molecule has 2 heterocycles. The van der Waals surface area contributed by atoms with Crippen LogP contribution in [0.15, 0.2) is 45.9 Å². The average Bonchev–Trinajstić information content (AvgIpc) is 3.20. The first-order valence-corrected chi connectivity index (χ1v) is 11.0. The van der Waals surface area contributed by atoms with Gasteiger partial charge in [-0.15, -0.1) is 0 Å². The second-order valence-electron chi connectivity index (χ2n) is 7.14. The van der Waals surface area contributed by atoms with Crippen molar-refractivity contribution in [1.82, 2.24) is 14.9 Å². The monoisotopic (exact) mass is 405 g/mol. The van der Waals surface area contributed by atoms with Crippen molar-refractivity contribution in [2.75, 3.05) is 13.6 Å². The molecule has 0 saturated carbocycles. The molecule has 1 aliphatic heterocycles. The zero-order valence-corrected chi connectivity index (χ0v) is 17.1. The van der Waals surface area contributed by atoms with Crippen LogP contribution >= 0.6 is 0 Å². The van der Waals surface area contributed by atoms with Gasteiger partial charge in [0.25, 0.3) is 15.9 Å². The van der Waals surface area contributed by atoms with Gasteiger partial charge in [0, 0.05) is 19.1 Å². The minimum atomic E-state index is -3.70. The molecule has 1 saturated heterocycles. The maximum Gasteiger partial charge on any atom is 0.287 e. The van der Waals surface area contributed by atoms with Crippen LogP contribution < -0.4 is 10.0 Å². The second-order valence-corrected chi connectivity index (χ2v) is 8.96. The fourth-order valence-electron chi connectivity index (χ4n) is 3.35. The Morgan fingerprint density at radius 3 is 2.54 bits per heavy atom. The van der Waals surface area contributed by atoms with E-state index in [0.29, 0.717) is 12.6 Å². The number of rotatable bonds is 7. The first kappa shape index (κ1) is 20.6. The second kappa shape index (κ2) is 8.89. The van der Waals surface area contributed by atoms with Crippen LogP contribution in [0.5, 0.6) is 0 Å². The fourth-order valence-corrected chi connectivity index (χ4v) is 3.99. The predicted molar refractivity (Wildman–Crippen MR) is 106 cm³/mol. The lowest BCUT2D eigenvalue weighted by molar-refractivity contribution is 0.0918. The lowest BCUT2D eigenvalue weighted by Crippen LogP contribution is -2.36. The van der Waals surface area contributed by atoms with Crippen molar-refractivity contribution in [3.8, 4) is 0 Å². The molecule has 1 unspecified atom stereocenters. The van der Waals surface area contributed by atoms with Gasteiger partial charge >= 0.3 is 0 Å². The maximum absolute atomic E-state index is 12.2. The highest BCUT2D eigenvalue weighted by atomic mass is 32.2. The van der Waals surface area contributed by atoms with E-state index in [-0.39, 0.29) is 10.9 Å². The van der Waals surface area contributed by atoms with E-state index in [0.717, 1.165) is 18.7 Å². The molecule has 1 atom stereocenters. The van der Waals surface area contributed by atoms with E-state index in [4.69, 9.17) is 4.42 Å². The summed E-state index contributed by atoms with van der Waals surface area (Å²) >= 11 is 0. The van der Waals surface area contributed by atoms with Crippen molar-refractivity contribution in [3.63, 3.8) is 0 Å². The van der Waals surface area contributed by atoms with E-state index in [2.05, 4.69) is 34.0 Å². The molecule has 1 aromatic carbocycles. The van der Waals surface area contributed by atoms with Crippen LogP contribution in [-0.4, -0.2) is 38.9 Å². The molecule has 7 nitrogen and oxygen atoms in total. The van der Waals surface area contributed by atoms with Crippen molar-refractivity contribution in [3.05, 3.63) is 53.3 Å². The van der Waals surface area contributed by atoms with Crippen LogP contribution in [0.4, 0.5) is 0 Å². The molecule has 1 amide bonds. The van der Waals surface area contributed by atoms with Crippen LogP contribution in [0.2, 0.25) is 0 Å². The van der Waals surface area contributed by atoms with Gasteiger partial charge in [0.2, 0.25) is 5.09 Å². The highest BCUT2D eigenvalue weighted by molar-refractivity contribution is 7.89. The molecule has 1 aromatic heterocycles. The highest BCUT2D eigenvalue weighted by Gasteiger charge is 2.20. The minimum Gasteiger partial charge on any atom is -0.438 e. The summed E-state index contributed by atoms with van der Waals surface area (Å²) in [6.07, 6.45) is 3.83. The zero-order valence-electron chi connectivity index (χ0n) is 16.3. The number of carbonyl (C=O) groups is 1. The average molecular weight is 406 g/mol. The van der Waals surface area contributed by atoms with E-state index in [1.807, 2.05) is 12.1 Å². The Morgan fingerprint density at radius 1 is 1.14 bits per heavy atom. The third-order valence-electron chi connectivity index (χ3n) is 5.14. The Morgan fingerprint density at radius 2 is 1.86 bits per heavy atom. The quantitative estimate of drug-likeness (QED) is 0.738. The molecule has 0 bridgehead atoms. The van der Waals surface area contributed by atoms with E-state index in [1.165, 1.54) is 44.0 Å². The Labute approximate surface area is 166 Å². The number of hydrogen-bond acceptors (Lipinski definition) is 5. The Hall–Kier alpha value is -2.16. The molecule has 2 aromatic rings. The molecular formula is C20H27N3O4S. The molecule has 0 aliphatic carbocycles. The van der Waals surface area contributed by atoms with Crippen molar-refractivity contribution < 1.29 is 17.6 Å². The summed E-state index contributed by atoms with van der Waals surface area (Å²) in [6.45, 7) is 4.72. The number of piperidine rings is 1. The van der Waals surface area contributed by atoms with Gasteiger partial charge in [0.15, 0.2) is 5.76 Å². The number of sulfonamides is 1. The molecule has 28 heavy (non-hydrogen) atoms. The number of carbonyl (C=O) groups excluding carboxylic acids is 1. The third kappa shape index (κ3) is 5.01. The Balaban J connectivity index is 1.54. The van der Waals surface area contributed by atoms with Crippen LogP contribution in [-0.2, 0) is 23.1 Å². The maximum atomic E-state index is 12.2. The number of likely N-dealkylation sites (tertiary alicyclic amines) is 1. The largest absolute Gasteiger partial charge is 0.438 e. The van der Waals surface area contributed by atoms with Crippen LogP contribution in [0, 0.1) is 0 Å². The molecule has 2 N–H and O–H groups in total. The molecule has 0 spiro atoms. The van der Waals surface area contributed by atoms with Gasteiger partial charge in [-0.25, -0.2) is 13.1 Å². The highest BCUT2D eigenvalue weighted by Crippen LogP contribution is 2.19. The summed E-state index contributed by atoms with van der Waals surface area (Å²) in [7, 11) is -2.41. The van der Waals surface area contributed by atoms with Crippen LogP contribution in [0.25, 0.3) is 0 Å². The van der Waals surface area contributed by atoms with Gasteiger partial charge in [-0.3, -0.25) is 9.69 Å². The van der Waals surface area contributed by atoms with Crippen molar-refractivity contribution in [2.45, 2.75) is 50.4 Å². The van der Waals surface area contributed by atoms with Crippen LogP contribution in [0.1, 0.15) is 47.9 Å². The molecule has 152 valence electrons. The van der Waals surface area contributed by atoms with Gasteiger partial charge < -0.3 is 9.73 Å². The number of hydrogen-bond donors (Lipinski definition) is 2. The van der Waals surface area contributed by atoms with E-state index >= 15 is 0 Å². The van der Waals surface area contributed by atoms with Crippen molar-refractivity contribution in [1.29, 1.82) is 0 Å². The number of nitrogens with one attached hydrogen (secondary N) is 2. The van der Waals surface area contributed by atoms with E-state index < -0.39 is 15.9 Å². The minimum absolute atomic E-state index is 0.0375. The molecule has 0 radical (unpaired) electrons. The van der Waals surface area contributed by atoms with E-state index in [1.54, 1.807) is 0 Å². The standard InChI is InChI=1S/C20H27N3O4S/c1-15-5-3-4-12-23(15)14-17-8-6-16(7-9-17)13-22-20(24)18-10-11-19(27-18)28(25,26)21-2/h6-11,15,21H,3-5,12-14H2,1-2H3,(H,22,24). The van der Waals surface area contributed by atoms with Crippen molar-refractivity contribution in [2.24, 2.45) is 0 Å². The topological polar surface area (TPSA) is 91.6 Å². The normalized spacial score (nSPS) is 18.1. The number of benzene rings is 1. The molecule has 3 rings (SSSR count). The predicted octanol–water partition coefficient (Wildman–Crippen LogP) is 2.49. The summed E-state index contributed by atoms with van der Waals surface area (Å²) in [6, 6.07) is 11.4. The first-order valence-electron chi connectivity index (χ1n) is 9.52. The zero-order chi connectivity index (χ0) is 20.1. The third-order valence-corrected chi connectivity index (χ3v) is 6.43. The smallest absolute Gasteiger partial charge is 0.287 e. The fraction of sp³-hybridized carbons (Fsp3) is 0.450.